The first-order valence-electron chi connectivity index (χ1n) is 5.59. The fraction of sp³-hybridized carbons (Fsp3) is 0.500. The molecule has 1 aliphatic heterocycles. The second-order valence-electron chi connectivity index (χ2n) is 4.30. The van der Waals surface area contributed by atoms with Gasteiger partial charge in [-0.1, -0.05) is 0 Å². The van der Waals surface area contributed by atoms with Crippen molar-refractivity contribution in [1.82, 2.24) is 4.90 Å². The Morgan fingerprint density at radius 3 is 3.06 bits per heavy atom. The maximum Gasteiger partial charge on any atom is 0.127 e. The molecule has 0 radical (unpaired) electrons. The highest BCUT2D eigenvalue weighted by molar-refractivity contribution is 5.41. The normalized spacial score (nSPS) is 21.5. The van der Waals surface area contributed by atoms with Crippen LogP contribution in [0.25, 0.3) is 0 Å². The molecule has 0 amide bonds. The van der Waals surface area contributed by atoms with Gasteiger partial charge in [0.25, 0.3) is 0 Å². The van der Waals surface area contributed by atoms with Crippen molar-refractivity contribution in [2.45, 2.75) is 25.4 Å². The summed E-state index contributed by atoms with van der Waals surface area (Å²) in [6.07, 6.45) is 2.05. The highest BCUT2D eigenvalue weighted by atomic mass is 19.1. The van der Waals surface area contributed by atoms with Gasteiger partial charge in [-0.05, 0) is 37.6 Å². The predicted molar refractivity (Wildman–Crippen MR) is 61.3 cm³/mol. The minimum Gasteiger partial charge on any atom is -0.399 e. The standard InChI is InChI=1S/C12H17FN2O/c13-12-4-3-10(14)6-9(12)7-15-5-1-2-11(15)8-16/h3-4,6,11,16H,1-2,5,7-8,14H2/t11-/m1/s1. The van der Waals surface area contributed by atoms with Gasteiger partial charge >= 0.3 is 0 Å². The van der Waals surface area contributed by atoms with E-state index in [0.29, 0.717) is 17.8 Å². The number of likely N-dealkylation sites (tertiary alicyclic amines) is 1. The third-order valence-electron chi connectivity index (χ3n) is 3.15. The number of hydrogen-bond acceptors (Lipinski definition) is 3. The van der Waals surface area contributed by atoms with Crippen LogP contribution in [-0.4, -0.2) is 29.2 Å². The summed E-state index contributed by atoms with van der Waals surface area (Å²) in [6.45, 7) is 1.59. The van der Waals surface area contributed by atoms with Crippen LogP contribution in [0.5, 0.6) is 0 Å². The van der Waals surface area contributed by atoms with Crippen LogP contribution in [0.2, 0.25) is 0 Å². The Labute approximate surface area is 94.7 Å². The van der Waals surface area contributed by atoms with Crippen molar-refractivity contribution in [2.24, 2.45) is 0 Å². The van der Waals surface area contributed by atoms with Crippen molar-refractivity contribution in [1.29, 1.82) is 0 Å². The number of nitrogens with two attached hydrogens (primary N) is 1. The zero-order valence-electron chi connectivity index (χ0n) is 9.19. The molecular weight excluding hydrogens is 207 g/mol. The Bertz CT molecular complexity index is 370. The van der Waals surface area contributed by atoms with E-state index in [1.807, 2.05) is 0 Å². The lowest BCUT2D eigenvalue weighted by molar-refractivity contribution is 0.152. The second kappa shape index (κ2) is 4.80. The van der Waals surface area contributed by atoms with Gasteiger partial charge in [-0.2, -0.15) is 0 Å². The summed E-state index contributed by atoms with van der Waals surface area (Å²) in [5.74, 6) is -0.224. The molecule has 0 unspecified atom stereocenters. The van der Waals surface area contributed by atoms with Crippen LogP contribution in [0.1, 0.15) is 18.4 Å². The van der Waals surface area contributed by atoms with Gasteiger partial charge in [0, 0.05) is 23.8 Å². The quantitative estimate of drug-likeness (QED) is 0.762. The number of hydrogen-bond donors (Lipinski definition) is 2. The first-order chi connectivity index (χ1) is 7.70. The topological polar surface area (TPSA) is 49.5 Å². The van der Waals surface area contributed by atoms with Crippen LogP contribution in [0.15, 0.2) is 18.2 Å². The molecule has 1 saturated heterocycles. The lowest BCUT2D eigenvalue weighted by atomic mass is 10.1. The molecule has 0 spiro atoms. The van der Waals surface area contributed by atoms with Gasteiger partial charge < -0.3 is 10.8 Å². The van der Waals surface area contributed by atoms with Gasteiger partial charge in [0.05, 0.1) is 6.61 Å². The Morgan fingerprint density at radius 1 is 1.50 bits per heavy atom. The highest BCUT2D eigenvalue weighted by Gasteiger charge is 2.24. The van der Waals surface area contributed by atoms with E-state index in [4.69, 9.17) is 5.73 Å². The van der Waals surface area contributed by atoms with Crippen molar-refractivity contribution in [2.75, 3.05) is 18.9 Å². The molecule has 0 aromatic heterocycles. The molecule has 88 valence electrons. The Kier molecular flexibility index (Phi) is 3.41. The average Bonchev–Trinajstić information content (AvgIpc) is 2.71. The van der Waals surface area contributed by atoms with Crippen LogP contribution in [0, 0.1) is 5.82 Å². The smallest absolute Gasteiger partial charge is 0.127 e. The van der Waals surface area contributed by atoms with Crippen LogP contribution >= 0.6 is 0 Å². The first-order valence-corrected chi connectivity index (χ1v) is 5.59. The lowest BCUT2D eigenvalue weighted by Crippen LogP contribution is -2.31. The van der Waals surface area contributed by atoms with Crippen LogP contribution in [0.3, 0.4) is 0 Å². The van der Waals surface area contributed by atoms with E-state index in [2.05, 4.69) is 4.90 Å². The molecule has 1 aromatic rings. The third-order valence-corrected chi connectivity index (χ3v) is 3.15. The average molecular weight is 224 g/mol. The summed E-state index contributed by atoms with van der Waals surface area (Å²) < 4.78 is 13.5. The summed E-state index contributed by atoms with van der Waals surface area (Å²) in [6, 6.07) is 4.80. The van der Waals surface area contributed by atoms with Gasteiger partial charge in [-0.25, -0.2) is 4.39 Å². The van der Waals surface area contributed by atoms with Gasteiger partial charge in [-0.3, -0.25) is 4.90 Å². The van der Waals surface area contributed by atoms with Crippen LogP contribution < -0.4 is 5.73 Å². The fourth-order valence-electron chi connectivity index (χ4n) is 2.24. The number of rotatable bonds is 3. The largest absolute Gasteiger partial charge is 0.399 e. The van der Waals surface area contributed by atoms with Crippen molar-refractivity contribution in [3.8, 4) is 0 Å². The molecule has 1 atom stereocenters. The maximum absolute atomic E-state index is 13.5. The summed E-state index contributed by atoms with van der Waals surface area (Å²) in [5, 5.41) is 9.18. The predicted octanol–water partition coefficient (Wildman–Crippen LogP) is 1.36. The minimum absolute atomic E-state index is 0.143. The monoisotopic (exact) mass is 224 g/mol. The molecule has 1 aromatic carbocycles. The SMILES string of the molecule is Nc1ccc(F)c(CN2CCC[C@@H]2CO)c1. The van der Waals surface area contributed by atoms with E-state index in [9.17, 15) is 9.50 Å². The van der Waals surface area contributed by atoms with Gasteiger partial charge in [0.1, 0.15) is 5.82 Å². The summed E-state index contributed by atoms with van der Waals surface area (Å²) >= 11 is 0. The molecule has 1 heterocycles. The molecule has 3 N–H and O–H groups in total. The number of halogens is 1. The molecule has 2 rings (SSSR count). The van der Waals surface area contributed by atoms with Gasteiger partial charge in [0.15, 0.2) is 0 Å². The van der Waals surface area contributed by atoms with E-state index >= 15 is 0 Å². The molecule has 3 nitrogen and oxygen atoms in total. The van der Waals surface area contributed by atoms with Gasteiger partial charge in [0.2, 0.25) is 0 Å². The molecule has 1 aliphatic rings. The zero-order valence-corrected chi connectivity index (χ0v) is 9.19. The second-order valence-corrected chi connectivity index (χ2v) is 4.30. The number of nitrogens with zero attached hydrogens (tertiary/aromatic N) is 1. The fourth-order valence-corrected chi connectivity index (χ4v) is 2.24. The number of anilines is 1. The summed E-state index contributed by atoms with van der Waals surface area (Å²) in [7, 11) is 0. The Balaban J connectivity index is 2.11. The Morgan fingerprint density at radius 2 is 2.31 bits per heavy atom. The highest BCUT2D eigenvalue weighted by Crippen LogP contribution is 2.21. The number of nitrogen functional groups attached to an aromatic ring is 1. The number of aliphatic hydroxyl groups excluding tert-OH is 1. The van der Waals surface area contributed by atoms with Crippen molar-refractivity contribution >= 4 is 5.69 Å². The van der Waals surface area contributed by atoms with Crippen molar-refractivity contribution < 1.29 is 9.50 Å². The third kappa shape index (κ3) is 2.33. The summed E-state index contributed by atoms with van der Waals surface area (Å²) in [4.78, 5) is 2.11. The minimum atomic E-state index is -0.224. The molecule has 4 heteroatoms. The molecule has 16 heavy (non-hydrogen) atoms. The van der Waals surface area contributed by atoms with Gasteiger partial charge in [-0.15, -0.1) is 0 Å². The maximum atomic E-state index is 13.5. The van der Waals surface area contributed by atoms with Crippen LogP contribution in [0.4, 0.5) is 10.1 Å². The van der Waals surface area contributed by atoms with E-state index < -0.39 is 0 Å². The van der Waals surface area contributed by atoms with Crippen LogP contribution in [-0.2, 0) is 6.54 Å². The molecular formula is C12H17FN2O. The lowest BCUT2D eigenvalue weighted by Gasteiger charge is -2.22. The number of aliphatic hydroxyl groups is 1. The zero-order chi connectivity index (χ0) is 11.5. The first kappa shape index (κ1) is 11.4. The molecule has 0 aliphatic carbocycles. The van der Waals surface area contributed by atoms with Crippen molar-refractivity contribution in [3.05, 3.63) is 29.6 Å². The molecule has 1 fully saturated rings. The van der Waals surface area contributed by atoms with E-state index in [-0.39, 0.29) is 18.5 Å². The molecule has 0 bridgehead atoms. The Hall–Kier alpha value is -1.13. The number of benzene rings is 1. The van der Waals surface area contributed by atoms with E-state index in [0.717, 1.165) is 19.4 Å². The molecule has 0 saturated carbocycles. The summed E-state index contributed by atoms with van der Waals surface area (Å²) in [5.41, 5.74) is 6.83. The van der Waals surface area contributed by atoms with E-state index in [1.54, 1.807) is 12.1 Å². The van der Waals surface area contributed by atoms with E-state index in [1.165, 1.54) is 6.07 Å². The van der Waals surface area contributed by atoms with Crippen molar-refractivity contribution in [3.63, 3.8) is 0 Å².